The largest absolute Gasteiger partial charge is 0.369 e. The summed E-state index contributed by atoms with van der Waals surface area (Å²) in [5, 5.41) is 14.5. The number of rotatable bonds is 6. The maximum Gasteiger partial charge on any atom is 0.226 e. The monoisotopic (exact) mass is 260 g/mol. The molecule has 1 saturated carbocycles. The van der Waals surface area contributed by atoms with Gasteiger partial charge in [-0.2, -0.15) is 15.1 Å². The molecule has 6 nitrogen and oxygen atoms in total. The first-order valence-electron chi connectivity index (χ1n) is 6.96. The molecule has 2 aromatic rings. The van der Waals surface area contributed by atoms with Crippen LogP contribution in [0.1, 0.15) is 26.7 Å². The van der Waals surface area contributed by atoms with Gasteiger partial charge in [-0.05, 0) is 31.6 Å². The lowest BCUT2D eigenvalue weighted by molar-refractivity contribution is 0.536. The van der Waals surface area contributed by atoms with Crippen LogP contribution in [0, 0.1) is 11.8 Å². The molecule has 0 amide bonds. The summed E-state index contributed by atoms with van der Waals surface area (Å²) in [4.78, 5) is 8.90. The Morgan fingerprint density at radius 2 is 2.21 bits per heavy atom. The normalized spacial score (nSPS) is 16.5. The molecule has 102 valence electrons. The number of nitrogens with one attached hydrogen (secondary N) is 3. The molecule has 1 aliphatic rings. The number of hydrogen-bond donors (Lipinski definition) is 3. The molecule has 0 saturated heterocycles. The quantitative estimate of drug-likeness (QED) is 0.742. The molecular formula is C13H20N6. The molecule has 0 bridgehead atoms. The predicted molar refractivity (Wildman–Crippen MR) is 76.2 cm³/mol. The molecule has 0 aromatic carbocycles. The van der Waals surface area contributed by atoms with Crippen LogP contribution < -0.4 is 10.6 Å². The highest BCUT2D eigenvalue weighted by Crippen LogP contribution is 2.36. The molecule has 0 spiro atoms. The number of anilines is 2. The zero-order valence-corrected chi connectivity index (χ0v) is 11.4. The second kappa shape index (κ2) is 5.03. The zero-order chi connectivity index (χ0) is 13.2. The Morgan fingerprint density at radius 1 is 1.37 bits per heavy atom. The fourth-order valence-electron chi connectivity index (χ4n) is 2.30. The van der Waals surface area contributed by atoms with Crippen molar-refractivity contribution in [2.75, 3.05) is 23.7 Å². The molecule has 3 N–H and O–H groups in total. The van der Waals surface area contributed by atoms with Crippen LogP contribution >= 0.6 is 0 Å². The number of aromatic amines is 1. The summed E-state index contributed by atoms with van der Waals surface area (Å²) in [6, 6.07) is 0. The van der Waals surface area contributed by atoms with Crippen LogP contribution in [-0.4, -0.2) is 33.3 Å². The van der Waals surface area contributed by atoms with Crippen molar-refractivity contribution in [2.24, 2.45) is 11.8 Å². The lowest BCUT2D eigenvalue weighted by Gasteiger charge is -2.13. The molecule has 1 atom stereocenters. The van der Waals surface area contributed by atoms with Gasteiger partial charge in [0.2, 0.25) is 5.95 Å². The van der Waals surface area contributed by atoms with E-state index in [4.69, 9.17) is 0 Å². The van der Waals surface area contributed by atoms with Gasteiger partial charge in [0.05, 0.1) is 11.6 Å². The second-order valence-corrected chi connectivity index (χ2v) is 5.25. The second-order valence-electron chi connectivity index (χ2n) is 5.25. The van der Waals surface area contributed by atoms with E-state index in [1.165, 1.54) is 12.8 Å². The van der Waals surface area contributed by atoms with E-state index in [1.807, 2.05) is 6.92 Å². The van der Waals surface area contributed by atoms with Gasteiger partial charge in [0.1, 0.15) is 5.82 Å². The molecule has 0 radical (unpaired) electrons. The van der Waals surface area contributed by atoms with Crippen LogP contribution in [0.4, 0.5) is 11.8 Å². The lowest BCUT2D eigenvalue weighted by atomic mass is 10.1. The number of hydrogen-bond acceptors (Lipinski definition) is 5. The van der Waals surface area contributed by atoms with E-state index in [0.717, 1.165) is 35.9 Å². The summed E-state index contributed by atoms with van der Waals surface area (Å²) in [7, 11) is 0. The van der Waals surface area contributed by atoms with Crippen molar-refractivity contribution in [3.8, 4) is 0 Å². The third-order valence-corrected chi connectivity index (χ3v) is 3.66. The Hall–Kier alpha value is -1.85. The Labute approximate surface area is 112 Å². The van der Waals surface area contributed by atoms with E-state index in [-0.39, 0.29) is 0 Å². The van der Waals surface area contributed by atoms with Gasteiger partial charge in [-0.3, -0.25) is 5.10 Å². The highest BCUT2D eigenvalue weighted by Gasteiger charge is 2.27. The van der Waals surface area contributed by atoms with Crippen molar-refractivity contribution in [2.45, 2.75) is 26.7 Å². The molecule has 1 unspecified atom stereocenters. The first-order valence-corrected chi connectivity index (χ1v) is 6.96. The summed E-state index contributed by atoms with van der Waals surface area (Å²) in [5.41, 5.74) is 0.771. The molecule has 1 fully saturated rings. The summed E-state index contributed by atoms with van der Waals surface area (Å²) >= 11 is 0. The van der Waals surface area contributed by atoms with Gasteiger partial charge >= 0.3 is 0 Å². The Balaban J connectivity index is 1.80. The van der Waals surface area contributed by atoms with Crippen molar-refractivity contribution in [3.05, 3.63) is 6.20 Å². The first kappa shape index (κ1) is 12.2. The van der Waals surface area contributed by atoms with E-state index in [0.29, 0.717) is 11.9 Å². The summed E-state index contributed by atoms with van der Waals surface area (Å²) in [6.07, 6.45) is 4.52. The van der Waals surface area contributed by atoms with Gasteiger partial charge in [-0.1, -0.05) is 6.92 Å². The minimum Gasteiger partial charge on any atom is -0.369 e. The van der Waals surface area contributed by atoms with Crippen LogP contribution in [0.3, 0.4) is 0 Å². The van der Waals surface area contributed by atoms with Crippen LogP contribution in [0.2, 0.25) is 0 Å². The standard InChI is InChI=1S/C13H20N6/c1-3-14-13-17-11(10-7-16-19-12(10)18-13)15-6-8(2)9-4-5-9/h7-9H,3-6H2,1-2H3,(H3,14,15,16,17,18,19). The molecule has 0 aliphatic heterocycles. The number of nitrogens with zero attached hydrogens (tertiary/aromatic N) is 3. The SMILES string of the molecule is CCNc1nc(NCC(C)C2CC2)c2cn[nH]c2n1. The fraction of sp³-hybridized carbons (Fsp3) is 0.615. The van der Waals surface area contributed by atoms with Crippen molar-refractivity contribution < 1.29 is 0 Å². The molecule has 6 heteroatoms. The van der Waals surface area contributed by atoms with Crippen LogP contribution in [-0.2, 0) is 0 Å². The van der Waals surface area contributed by atoms with E-state index in [2.05, 4.69) is 37.7 Å². The maximum atomic E-state index is 4.52. The third kappa shape index (κ3) is 2.62. The number of H-pyrrole nitrogens is 1. The van der Waals surface area contributed by atoms with Gasteiger partial charge in [0, 0.05) is 13.1 Å². The third-order valence-electron chi connectivity index (χ3n) is 3.66. The average molecular weight is 260 g/mol. The highest BCUT2D eigenvalue weighted by molar-refractivity contribution is 5.86. The van der Waals surface area contributed by atoms with E-state index >= 15 is 0 Å². The van der Waals surface area contributed by atoms with Crippen LogP contribution in [0.5, 0.6) is 0 Å². The topological polar surface area (TPSA) is 78.5 Å². The van der Waals surface area contributed by atoms with Crippen molar-refractivity contribution >= 4 is 22.8 Å². The van der Waals surface area contributed by atoms with Gasteiger partial charge in [0.25, 0.3) is 0 Å². The summed E-state index contributed by atoms with van der Waals surface area (Å²) in [6.45, 7) is 6.08. The zero-order valence-electron chi connectivity index (χ0n) is 11.4. The fourth-order valence-corrected chi connectivity index (χ4v) is 2.30. The predicted octanol–water partition coefficient (Wildman–Crippen LogP) is 2.24. The lowest BCUT2D eigenvalue weighted by Crippen LogP contribution is -2.15. The minimum absolute atomic E-state index is 0.640. The molecule has 3 rings (SSSR count). The molecule has 19 heavy (non-hydrogen) atoms. The molecule has 1 aliphatic carbocycles. The Kier molecular flexibility index (Phi) is 3.23. The van der Waals surface area contributed by atoms with Crippen LogP contribution in [0.15, 0.2) is 6.20 Å². The molecule has 2 aromatic heterocycles. The Bertz CT molecular complexity index is 559. The number of fused-ring (bicyclic) bond motifs is 1. The van der Waals surface area contributed by atoms with E-state index in [1.54, 1.807) is 6.20 Å². The van der Waals surface area contributed by atoms with Crippen molar-refractivity contribution in [1.29, 1.82) is 0 Å². The maximum absolute atomic E-state index is 4.52. The van der Waals surface area contributed by atoms with Gasteiger partial charge in [-0.25, -0.2) is 0 Å². The van der Waals surface area contributed by atoms with Gasteiger partial charge < -0.3 is 10.6 Å². The van der Waals surface area contributed by atoms with Crippen LogP contribution in [0.25, 0.3) is 11.0 Å². The van der Waals surface area contributed by atoms with Gasteiger partial charge in [-0.15, -0.1) is 0 Å². The first-order chi connectivity index (χ1) is 9.28. The van der Waals surface area contributed by atoms with Crippen molar-refractivity contribution in [1.82, 2.24) is 20.2 Å². The molecular weight excluding hydrogens is 240 g/mol. The minimum atomic E-state index is 0.640. The van der Waals surface area contributed by atoms with Crippen molar-refractivity contribution in [3.63, 3.8) is 0 Å². The molecule has 2 heterocycles. The highest BCUT2D eigenvalue weighted by atomic mass is 15.2. The summed E-state index contributed by atoms with van der Waals surface area (Å²) in [5.74, 6) is 3.09. The average Bonchev–Trinajstić information content (AvgIpc) is 3.15. The smallest absolute Gasteiger partial charge is 0.226 e. The number of aromatic nitrogens is 4. The summed E-state index contributed by atoms with van der Waals surface area (Å²) < 4.78 is 0. The van der Waals surface area contributed by atoms with Gasteiger partial charge in [0.15, 0.2) is 5.65 Å². The van der Waals surface area contributed by atoms with E-state index in [9.17, 15) is 0 Å². The Morgan fingerprint density at radius 3 is 2.95 bits per heavy atom. The van der Waals surface area contributed by atoms with E-state index < -0.39 is 0 Å².